The van der Waals surface area contributed by atoms with E-state index in [9.17, 15) is 4.79 Å². The molecular formula is C23H28N4O2S2. The van der Waals surface area contributed by atoms with Crippen LogP contribution in [0.1, 0.15) is 34.7 Å². The smallest absolute Gasteiger partial charge is 0.243 e. The van der Waals surface area contributed by atoms with Gasteiger partial charge in [-0.25, -0.2) is 9.97 Å². The van der Waals surface area contributed by atoms with Gasteiger partial charge in [0, 0.05) is 31.1 Å². The van der Waals surface area contributed by atoms with Gasteiger partial charge in [0.2, 0.25) is 5.91 Å². The van der Waals surface area contributed by atoms with Gasteiger partial charge in [-0.05, 0) is 39.2 Å². The van der Waals surface area contributed by atoms with Crippen molar-refractivity contribution in [2.24, 2.45) is 0 Å². The quantitative estimate of drug-likeness (QED) is 0.547. The Labute approximate surface area is 191 Å². The van der Waals surface area contributed by atoms with Gasteiger partial charge in [-0.15, -0.1) is 22.7 Å². The molecule has 8 heteroatoms. The number of nitrogens with zero attached hydrogens (tertiary/aromatic N) is 2. The first-order valence-electron chi connectivity index (χ1n) is 10.6. The number of thiazole rings is 2. The normalized spacial score (nSPS) is 15.6. The van der Waals surface area contributed by atoms with E-state index < -0.39 is 6.04 Å². The number of ether oxygens (including phenoxy) is 1. The average Bonchev–Trinajstić information content (AvgIpc) is 3.35. The molecule has 164 valence electrons. The zero-order chi connectivity index (χ0) is 21.8. The van der Waals surface area contributed by atoms with E-state index in [4.69, 9.17) is 9.72 Å². The molecule has 1 aromatic carbocycles. The van der Waals surface area contributed by atoms with Crippen molar-refractivity contribution < 1.29 is 9.53 Å². The lowest BCUT2D eigenvalue weighted by molar-refractivity contribution is -0.123. The minimum Gasteiger partial charge on any atom is -0.381 e. The maximum Gasteiger partial charge on any atom is 0.243 e. The predicted molar refractivity (Wildman–Crippen MR) is 127 cm³/mol. The van der Waals surface area contributed by atoms with Crippen molar-refractivity contribution >= 4 is 33.7 Å². The van der Waals surface area contributed by atoms with Gasteiger partial charge in [0.15, 0.2) is 5.13 Å². The molecule has 0 bridgehead atoms. The second-order valence-corrected chi connectivity index (χ2v) is 10.0. The topological polar surface area (TPSA) is 76.1 Å². The largest absolute Gasteiger partial charge is 0.381 e. The van der Waals surface area contributed by atoms with Crippen LogP contribution in [-0.4, -0.2) is 41.2 Å². The van der Waals surface area contributed by atoms with Gasteiger partial charge in [-0.1, -0.05) is 29.8 Å². The molecule has 1 fully saturated rings. The van der Waals surface area contributed by atoms with E-state index in [1.165, 1.54) is 16.9 Å². The van der Waals surface area contributed by atoms with Crippen LogP contribution >= 0.6 is 22.7 Å². The summed E-state index contributed by atoms with van der Waals surface area (Å²) in [6.45, 7) is 7.48. The Morgan fingerprint density at radius 3 is 2.58 bits per heavy atom. The lowest BCUT2D eigenvalue weighted by Gasteiger charge is -2.26. The monoisotopic (exact) mass is 456 g/mol. The minimum absolute atomic E-state index is 0.00837. The molecule has 1 atom stereocenters. The molecule has 4 rings (SSSR count). The van der Waals surface area contributed by atoms with E-state index in [0.717, 1.165) is 44.8 Å². The number of hydrogen-bond acceptors (Lipinski definition) is 7. The third-order valence-corrected chi connectivity index (χ3v) is 7.25. The number of aryl methyl sites for hydroxylation is 3. The van der Waals surface area contributed by atoms with Crippen LogP contribution in [0.3, 0.4) is 0 Å². The summed E-state index contributed by atoms with van der Waals surface area (Å²) in [6, 6.07) is 8.11. The number of amides is 1. The molecule has 0 saturated carbocycles. The Kier molecular flexibility index (Phi) is 6.99. The number of carbonyl (C=O) groups excluding carboxylic acids is 1. The molecule has 1 aliphatic heterocycles. The first-order chi connectivity index (χ1) is 15.0. The van der Waals surface area contributed by atoms with Crippen LogP contribution in [0, 0.1) is 20.8 Å². The Hall–Kier alpha value is -2.29. The third kappa shape index (κ3) is 5.70. The maximum atomic E-state index is 13.2. The number of benzene rings is 1. The lowest BCUT2D eigenvalue weighted by Crippen LogP contribution is -2.47. The molecular weight excluding hydrogens is 428 g/mol. The van der Waals surface area contributed by atoms with Crippen molar-refractivity contribution in [3.63, 3.8) is 0 Å². The summed E-state index contributed by atoms with van der Waals surface area (Å²) in [6.07, 6.45) is 2.31. The van der Waals surface area contributed by atoms with Gasteiger partial charge in [0.05, 0.1) is 21.3 Å². The van der Waals surface area contributed by atoms with Crippen LogP contribution in [0.4, 0.5) is 5.13 Å². The van der Waals surface area contributed by atoms with Crippen LogP contribution in [0.2, 0.25) is 0 Å². The third-order valence-electron chi connectivity index (χ3n) is 5.38. The predicted octanol–water partition coefficient (Wildman–Crippen LogP) is 4.51. The fourth-order valence-corrected chi connectivity index (χ4v) is 5.39. The van der Waals surface area contributed by atoms with Crippen LogP contribution in [0.5, 0.6) is 0 Å². The number of hydrogen-bond donors (Lipinski definition) is 2. The van der Waals surface area contributed by atoms with Crippen molar-refractivity contribution in [2.45, 2.75) is 52.1 Å². The highest BCUT2D eigenvalue weighted by atomic mass is 32.1. The summed E-state index contributed by atoms with van der Waals surface area (Å²) in [5, 5.41) is 10.4. The average molecular weight is 457 g/mol. The molecule has 2 N–H and O–H groups in total. The number of rotatable bonds is 7. The minimum atomic E-state index is -0.395. The molecule has 3 aromatic rings. The summed E-state index contributed by atoms with van der Waals surface area (Å²) in [7, 11) is 0. The van der Waals surface area contributed by atoms with E-state index in [0.29, 0.717) is 19.6 Å². The number of aromatic nitrogens is 2. The molecule has 2 aromatic heterocycles. The van der Waals surface area contributed by atoms with E-state index >= 15 is 0 Å². The zero-order valence-electron chi connectivity index (χ0n) is 18.1. The van der Waals surface area contributed by atoms with Gasteiger partial charge >= 0.3 is 0 Å². The van der Waals surface area contributed by atoms with Gasteiger partial charge in [0.25, 0.3) is 0 Å². The van der Waals surface area contributed by atoms with Crippen LogP contribution in [-0.2, 0) is 16.0 Å². The van der Waals surface area contributed by atoms with Crippen LogP contribution < -0.4 is 10.6 Å². The summed E-state index contributed by atoms with van der Waals surface area (Å²) in [5.41, 5.74) is 4.23. The summed E-state index contributed by atoms with van der Waals surface area (Å²) < 4.78 is 5.42. The van der Waals surface area contributed by atoms with E-state index in [1.807, 2.05) is 19.2 Å². The Balaban J connectivity index is 1.51. The van der Waals surface area contributed by atoms with Crippen molar-refractivity contribution in [1.29, 1.82) is 0 Å². The van der Waals surface area contributed by atoms with Crippen molar-refractivity contribution in [3.8, 4) is 10.6 Å². The molecule has 1 aliphatic rings. The standard InChI is InChI=1S/C23H28N4O2S2/c1-14-4-6-17(7-5-14)12-19(22(28)25-18-8-10-29-11-9-18)26-23-27-20(13-30-23)21-15(2)24-16(3)31-21/h4-7,13,18-19H,8-12H2,1-3H3,(H,25,28)(H,26,27). The van der Waals surface area contributed by atoms with E-state index in [-0.39, 0.29) is 11.9 Å². The van der Waals surface area contributed by atoms with E-state index in [2.05, 4.69) is 46.8 Å². The van der Waals surface area contributed by atoms with E-state index in [1.54, 1.807) is 11.3 Å². The second kappa shape index (κ2) is 9.89. The van der Waals surface area contributed by atoms with Crippen LogP contribution in [0.25, 0.3) is 10.6 Å². The van der Waals surface area contributed by atoms with Gasteiger partial charge in [-0.2, -0.15) is 0 Å². The fraction of sp³-hybridized carbons (Fsp3) is 0.435. The molecule has 0 aliphatic carbocycles. The molecule has 31 heavy (non-hydrogen) atoms. The molecule has 3 heterocycles. The highest BCUT2D eigenvalue weighted by molar-refractivity contribution is 7.16. The van der Waals surface area contributed by atoms with Crippen molar-refractivity contribution in [2.75, 3.05) is 18.5 Å². The SMILES string of the molecule is Cc1ccc(CC(Nc2nc(-c3sc(C)nc3C)cs2)C(=O)NC2CCOCC2)cc1. The van der Waals surface area contributed by atoms with Gasteiger partial charge in [0.1, 0.15) is 6.04 Å². The molecule has 0 radical (unpaired) electrons. The lowest BCUT2D eigenvalue weighted by atomic mass is 10.0. The molecule has 6 nitrogen and oxygen atoms in total. The molecule has 1 amide bonds. The molecule has 1 saturated heterocycles. The first-order valence-corrected chi connectivity index (χ1v) is 12.3. The zero-order valence-corrected chi connectivity index (χ0v) is 19.7. The van der Waals surface area contributed by atoms with Gasteiger partial charge < -0.3 is 15.4 Å². The summed E-state index contributed by atoms with van der Waals surface area (Å²) >= 11 is 3.17. The fourth-order valence-electron chi connectivity index (χ4n) is 3.68. The summed E-state index contributed by atoms with van der Waals surface area (Å²) in [5.74, 6) is 0.00837. The number of anilines is 1. The highest BCUT2D eigenvalue weighted by Crippen LogP contribution is 2.32. The second-order valence-electron chi connectivity index (χ2n) is 7.97. The first kappa shape index (κ1) is 21.9. The van der Waals surface area contributed by atoms with Crippen molar-refractivity contribution in [3.05, 3.63) is 51.5 Å². The Morgan fingerprint density at radius 1 is 1.16 bits per heavy atom. The highest BCUT2D eigenvalue weighted by Gasteiger charge is 2.24. The molecule has 0 spiro atoms. The Bertz CT molecular complexity index is 1020. The molecule has 1 unspecified atom stereocenters. The van der Waals surface area contributed by atoms with Gasteiger partial charge in [-0.3, -0.25) is 4.79 Å². The maximum absolute atomic E-state index is 13.2. The Morgan fingerprint density at radius 2 is 1.90 bits per heavy atom. The number of nitrogens with one attached hydrogen (secondary N) is 2. The van der Waals surface area contributed by atoms with Crippen LogP contribution in [0.15, 0.2) is 29.6 Å². The number of carbonyl (C=O) groups is 1. The summed E-state index contributed by atoms with van der Waals surface area (Å²) in [4.78, 5) is 23.5. The van der Waals surface area contributed by atoms with Crippen molar-refractivity contribution in [1.82, 2.24) is 15.3 Å².